The van der Waals surface area contributed by atoms with Gasteiger partial charge in [0, 0.05) is 13.0 Å². The number of hydrogen-bond acceptors (Lipinski definition) is 3. The van der Waals surface area contributed by atoms with Gasteiger partial charge in [0.25, 0.3) is 0 Å². The van der Waals surface area contributed by atoms with Gasteiger partial charge in [-0.15, -0.1) is 5.10 Å². The molecule has 3 rings (SSSR count). The van der Waals surface area contributed by atoms with Gasteiger partial charge in [0.15, 0.2) is 5.82 Å². The van der Waals surface area contributed by atoms with Gasteiger partial charge < -0.3 is 4.57 Å². The first-order valence-electron chi connectivity index (χ1n) is 7.01. The third-order valence-electron chi connectivity index (χ3n) is 3.32. The predicted octanol–water partition coefficient (Wildman–Crippen LogP) is 2.97. The fourth-order valence-corrected chi connectivity index (χ4v) is 2.23. The van der Waals surface area contributed by atoms with Crippen molar-refractivity contribution < 1.29 is 0 Å². The zero-order valence-corrected chi connectivity index (χ0v) is 11.6. The third-order valence-corrected chi connectivity index (χ3v) is 3.32. The van der Waals surface area contributed by atoms with E-state index in [1.54, 1.807) is 6.20 Å². The molecule has 0 spiro atoms. The Bertz CT molecular complexity index is 645. The monoisotopic (exact) mass is 265 g/mol. The second-order valence-corrected chi connectivity index (χ2v) is 4.90. The molecule has 4 heteroatoms. The van der Waals surface area contributed by atoms with E-state index in [0.717, 1.165) is 37.2 Å². The number of unbranched alkanes of at least 4 members (excludes halogenated alkanes) is 1. The average Bonchev–Trinajstić information content (AvgIpc) is 2.93. The standard InChI is InChI=1S/C16H17N4/c1-2-3-9-15-18-16-14(10-17-19-16)12-20(15)11-13-7-5-4-6-8-13/h4-8,10H,2-3,9,11H2,1H3. The van der Waals surface area contributed by atoms with Crippen molar-refractivity contribution >= 4 is 0 Å². The molecule has 2 heterocycles. The van der Waals surface area contributed by atoms with E-state index in [1.165, 1.54) is 5.56 Å². The van der Waals surface area contributed by atoms with Crippen LogP contribution in [0.2, 0.25) is 0 Å². The highest BCUT2D eigenvalue weighted by Gasteiger charge is 2.13. The van der Waals surface area contributed by atoms with Crippen LogP contribution in [-0.2, 0) is 13.0 Å². The van der Waals surface area contributed by atoms with Crippen LogP contribution < -0.4 is 0 Å². The highest BCUT2D eigenvalue weighted by atomic mass is 15.2. The fourth-order valence-electron chi connectivity index (χ4n) is 2.23. The zero-order chi connectivity index (χ0) is 13.8. The minimum atomic E-state index is 0.695. The van der Waals surface area contributed by atoms with Crippen molar-refractivity contribution in [2.75, 3.05) is 0 Å². The molecular formula is C16H17N4. The third kappa shape index (κ3) is 2.69. The van der Waals surface area contributed by atoms with E-state index in [9.17, 15) is 0 Å². The number of fused-ring (bicyclic) bond motifs is 1. The van der Waals surface area contributed by atoms with Crippen molar-refractivity contribution in [1.82, 2.24) is 19.7 Å². The summed E-state index contributed by atoms with van der Waals surface area (Å²) in [7, 11) is 0. The lowest BCUT2D eigenvalue weighted by Gasteiger charge is -2.13. The van der Waals surface area contributed by atoms with Crippen LogP contribution in [0.15, 0.2) is 36.5 Å². The summed E-state index contributed by atoms with van der Waals surface area (Å²) < 4.78 is 2.09. The lowest BCUT2D eigenvalue weighted by Crippen LogP contribution is -2.12. The Morgan fingerprint density at radius 3 is 2.85 bits per heavy atom. The maximum Gasteiger partial charge on any atom is 0.187 e. The van der Waals surface area contributed by atoms with E-state index in [4.69, 9.17) is 0 Å². The molecule has 0 bridgehead atoms. The summed E-state index contributed by atoms with van der Waals surface area (Å²) in [5, 5.41) is 7.94. The minimum absolute atomic E-state index is 0.695. The van der Waals surface area contributed by atoms with E-state index < -0.39 is 0 Å². The summed E-state index contributed by atoms with van der Waals surface area (Å²) >= 11 is 0. The van der Waals surface area contributed by atoms with Crippen molar-refractivity contribution in [2.45, 2.75) is 32.7 Å². The molecule has 0 saturated heterocycles. The Morgan fingerprint density at radius 1 is 1.20 bits per heavy atom. The van der Waals surface area contributed by atoms with Crippen LogP contribution in [0.3, 0.4) is 0 Å². The Hall–Kier alpha value is -2.23. The average molecular weight is 265 g/mol. The summed E-state index contributed by atoms with van der Waals surface area (Å²) in [6.07, 6.45) is 8.30. The Labute approximate surface area is 118 Å². The lowest BCUT2D eigenvalue weighted by molar-refractivity contribution is 0.650. The molecule has 2 aliphatic rings. The van der Waals surface area contributed by atoms with Gasteiger partial charge in [-0.05, 0) is 12.0 Å². The molecular weight excluding hydrogens is 248 g/mol. The van der Waals surface area contributed by atoms with E-state index in [-0.39, 0.29) is 0 Å². The molecule has 0 fully saturated rings. The summed E-state index contributed by atoms with van der Waals surface area (Å²) in [6, 6.07) is 10.4. The molecule has 0 atom stereocenters. The maximum absolute atomic E-state index is 4.63. The zero-order valence-electron chi connectivity index (χ0n) is 11.6. The number of rotatable bonds is 5. The predicted molar refractivity (Wildman–Crippen MR) is 77.4 cm³/mol. The number of aryl methyl sites for hydroxylation is 1. The van der Waals surface area contributed by atoms with Crippen LogP contribution in [0.4, 0.5) is 0 Å². The van der Waals surface area contributed by atoms with E-state index in [1.807, 2.05) is 6.07 Å². The van der Waals surface area contributed by atoms with Crippen LogP contribution in [0, 0.1) is 6.20 Å². The van der Waals surface area contributed by atoms with Gasteiger partial charge in [0.1, 0.15) is 5.82 Å². The molecule has 0 aromatic heterocycles. The van der Waals surface area contributed by atoms with Crippen molar-refractivity contribution in [2.24, 2.45) is 0 Å². The van der Waals surface area contributed by atoms with Gasteiger partial charge in [-0.2, -0.15) is 5.10 Å². The first kappa shape index (κ1) is 12.8. The fraction of sp³-hybridized carbons (Fsp3) is 0.312. The molecule has 1 radical (unpaired) electrons. The highest BCUT2D eigenvalue weighted by molar-refractivity contribution is 5.52. The van der Waals surface area contributed by atoms with Crippen LogP contribution in [0.25, 0.3) is 11.4 Å². The van der Waals surface area contributed by atoms with Gasteiger partial charge in [-0.1, -0.05) is 43.7 Å². The van der Waals surface area contributed by atoms with Crippen LogP contribution in [-0.4, -0.2) is 19.7 Å². The molecule has 0 N–H and O–H groups in total. The molecule has 2 aliphatic heterocycles. The van der Waals surface area contributed by atoms with Crippen molar-refractivity contribution in [3.05, 3.63) is 54.1 Å². The van der Waals surface area contributed by atoms with Crippen molar-refractivity contribution in [3.63, 3.8) is 0 Å². The molecule has 0 aliphatic carbocycles. The number of hydrogen-bond donors (Lipinski definition) is 0. The second kappa shape index (κ2) is 5.82. The summed E-state index contributed by atoms with van der Waals surface area (Å²) in [4.78, 5) is 4.63. The van der Waals surface area contributed by atoms with Crippen molar-refractivity contribution in [3.8, 4) is 11.4 Å². The molecule has 101 valence electrons. The molecule has 0 unspecified atom stereocenters. The second-order valence-electron chi connectivity index (χ2n) is 4.90. The topological polar surface area (TPSA) is 43.6 Å². The van der Waals surface area contributed by atoms with E-state index >= 15 is 0 Å². The molecule has 0 amide bonds. The normalized spacial score (nSPS) is 11.1. The first-order valence-corrected chi connectivity index (χ1v) is 7.01. The highest BCUT2D eigenvalue weighted by Crippen LogP contribution is 2.18. The van der Waals surface area contributed by atoms with Crippen LogP contribution >= 0.6 is 0 Å². The quantitative estimate of drug-likeness (QED) is 0.712. The van der Waals surface area contributed by atoms with Crippen LogP contribution in [0.5, 0.6) is 0 Å². The van der Waals surface area contributed by atoms with Crippen LogP contribution in [0.1, 0.15) is 31.2 Å². The molecule has 4 nitrogen and oxygen atoms in total. The van der Waals surface area contributed by atoms with Gasteiger partial charge in [-0.25, -0.2) is 4.98 Å². The smallest absolute Gasteiger partial charge is 0.187 e. The van der Waals surface area contributed by atoms with E-state index in [0.29, 0.717) is 5.82 Å². The number of nitrogens with zero attached hydrogens (tertiary/aromatic N) is 4. The lowest BCUT2D eigenvalue weighted by atomic mass is 10.2. The maximum atomic E-state index is 4.63. The van der Waals surface area contributed by atoms with Gasteiger partial charge >= 0.3 is 0 Å². The SMILES string of the molecule is CCCCc1nc2nncc-2[c]n1Cc1ccccc1. The Morgan fingerprint density at radius 2 is 2.05 bits per heavy atom. The number of benzene rings is 1. The molecule has 0 saturated carbocycles. The largest absolute Gasteiger partial charge is 0.323 e. The summed E-state index contributed by atoms with van der Waals surface area (Å²) in [6.45, 7) is 2.97. The minimum Gasteiger partial charge on any atom is -0.323 e. The summed E-state index contributed by atoms with van der Waals surface area (Å²) in [5.41, 5.74) is 2.13. The van der Waals surface area contributed by atoms with Gasteiger partial charge in [-0.3, -0.25) is 0 Å². The molecule has 1 aromatic rings. The Kier molecular flexibility index (Phi) is 3.72. The van der Waals surface area contributed by atoms with E-state index in [2.05, 4.69) is 57.1 Å². The molecule has 1 aromatic carbocycles. The Balaban J connectivity index is 1.96. The van der Waals surface area contributed by atoms with Crippen molar-refractivity contribution in [1.29, 1.82) is 0 Å². The molecule has 20 heavy (non-hydrogen) atoms. The summed E-state index contributed by atoms with van der Waals surface area (Å²) in [5.74, 6) is 1.73. The first-order chi connectivity index (χ1) is 9.86. The number of aromatic nitrogens is 4. The van der Waals surface area contributed by atoms with Gasteiger partial charge in [0.2, 0.25) is 0 Å². The van der Waals surface area contributed by atoms with Gasteiger partial charge in [0.05, 0.1) is 18.0 Å².